The molecule has 5 heteroatoms. The third kappa shape index (κ3) is 3.79. The topological polar surface area (TPSA) is 68.0 Å². The van der Waals surface area contributed by atoms with Crippen molar-refractivity contribution in [3.8, 4) is 0 Å². The molecule has 0 aliphatic carbocycles. The average molecular weight is 242 g/mol. The first-order valence-electron chi connectivity index (χ1n) is 5.17. The molecule has 0 spiro atoms. The molecule has 3 N–H and O–H groups in total. The van der Waals surface area contributed by atoms with E-state index in [1.165, 1.54) is 0 Å². The molecule has 0 radical (unpaired) electrons. The Morgan fingerprint density at radius 3 is 2.81 bits per heavy atom. The van der Waals surface area contributed by atoms with E-state index in [1.807, 2.05) is 13.8 Å². The summed E-state index contributed by atoms with van der Waals surface area (Å²) in [5, 5.41) is 3.03. The van der Waals surface area contributed by atoms with Gasteiger partial charge in [-0.05, 0) is 18.1 Å². The molecule has 1 aromatic heterocycles. The van der Waals surface area contributed by atoms with Crippen LogP contribution in [-0.2, 0) is 0 Å². The van der Waals surface area contributed by atoms with Crippen molar-refractivity contribution < 1.29 is 4.79 Å². The Morgan fingerprint density at radius 1 is 1.56 bits per heavy atom. The van der Waals surface area contributed by atoms with Crippen molar-refractivity contribution in [3.05, 3.63) is 29.0 Å². The van der Waals surface area contributed by atoms with E-state index in [4.69, 9.17) is 17.3 Å². The van der Waals surface area contributed by atoms with Gasteiger partial charge < -0.3 is 11.1 Å². The lowest BCUT2D eigenvalue weighted by Crippen LogP contribution is -2.40. The fourth-order valence-electron chi connectivity index (χ4n) is 1.07. The third-order valence-corrected chi connectivity index (χ3v) is 2.51. The predicted octanol–water partition coefficient (Wildman–Crippen LogP) is 1.45. The normalized spacial score (nSPS) is 12.6. The minimum Gasteiger partial charge on any atom is -0.349 e. The zero-order chi connectivity index (χ0) is 12.1. The lowest BCUT2D eigenvalue weighted by Gasteiger charge is -2.15. The zero-order valence-electron chi connectivity index (χ0n) is 9.40. The lowest BCUT2D eigenvalue weighted by atomic mass is 10.1. The maximum Gasteiger partial charge on any atom is 0.269 e. The molecule has 0 saturated carbocycles. The fourth-order valence-corrected chi connectivity index (χ4v) is 1.24. The Balaban J connectivity index is 2.53. The van der Waals surface area contributed by atoms with Crippen LogP contribution in [0.4, 0.5) is 0 Å². The molecule has 1 rings (SSSR count). The number of nitrogens with two attached hydrogens (primary N) is 1. The monoisotopic (exact) mass is 241 g/mol. The van der Waals surface area contributed by atoms with Gasteiger partial charge >= 0.3 is 0 Å². The number of pyridine rings is 1. The summed E-state index contributed by atoms with van der Waals surface area (Å²) >= 11 is 5.69. The van der Waals surface area contributed by atoms with Crippen molar-refractivity contribution in [1.82, 2.24) is 10.3 Å². The van der Waals surface area contributed by atoms with Crippen molar-refractivity contribution in [2.24, 2.45) is 11.7 Å². The van der Waals surface area contributed by atoms with Gasteiger partial charge in [-0.15, -0.1) is 0 Å². The van der Waals surface area contributed by atoms with E-state index in [0.717, 1.165) is 0 Å². The van der Waals surface area contributed by atoms with Crippen molar-refractivity contribution in [2.45, 2.75) is 19.9 Å². The molecule has 1 amide bonds. The zero-order valence-corrected chi connectivity index (χ0v) is 10.2. The summed E-state index contributed by atoms with van der Waals surface area (Å²) in [6.07, 6.45) is 0. The number of amides is 1. The van der Waals surface area contributed by atoms with Crippen LogP contribution in [0, 0.1) is 5.92 Å². The number of rotatable bonds is 4. The summed E-state index contributed by atoms with van der Waals surface area (Å²) < 4.78 is 0. The van der Waals surface area contributed by atoms with Gasteiger partial charge in [-0.25, -0.2) is 4.98 Å². The molecule has 1 aromatic rings. The van der Waals surface area contributed by atoms with Crippen LogP contribution in [0.25, 0.3) is 0 Å². The van der Waals surface area contributed by atoms with Crippen molar-refractivity contribution in [2.75, 3.05) is 6.54 Å². The predicted molar refractivity (Wildman–Crippen MR) is 64.4 cm³/mol. The number of carbonyl (C=O) groups excluding carboxylic acids is 1. The molecule has 0 unspecified atom stereocenters. The van der Waals surface area contributed by atoms with Crippen LogP contribution in [0.3, 0.4) is 0 Å². The number of aromatic nitrogens is 1. The number of carbonyl (C=O) groups is 1. The van der Waals surface area contributed by atoms with E-state index in [2.05, 4.69) is 10.3 Å². The third-order valence-electron chi connectivity index (χ3n) is 2.30. The van der Waals surface area contributed by atoms with E-state index in [-0.39, 0.29) is 11.9 Å². The number of nitrogens with one attached hydrogen (secondary N) is 1. The highest BCUT2D eigenvalue weighted by atomic mass is 35.5. The van der Waals surface area contributed by atoms with Gasteiger partial charge in [0.1, 0.15) is 10.8 Å². The van der Waals surface area contributed by atoms with E-state index < -0.39 is 0 Å². The Kier molecular flexibility index (Phi) is 4.71. The molecule has 0 aliphatic heterocycles. The Morgan fingerprint density at radius 2 is 2.25 bits per heavy atom. The van der Waals surface area contributed by atoms with Crippen LogP contribution in [0.15, 0.2) is 18.2 Å². The van der Waals surface area contributed by atoms with Crippen molar-refractivity contribution >= 4 is 17.5 Å². The first kappa shape index (κ1) is 12.9. The van der Waals surface area contributed by atoms with Gasteiger partial charge in [0.25, 0.3) is 5.91 Å². The number of nitrogens with zero attached hydrogens (tertiary/aromatic N) is 1. The Bertz CT molecular complexity index is 368. The summed E-state index contributed by atoms with van der Waals surface area (Å²) in [6, 6.07) is 4.87. The molecular formula is C11H16ClN3O. The highest BCUT2D eigenvalue weighted by Gasteiger charge is 2.11. The first-order chi connectivity index (χ1) is 7.50. The van der Waals surface area contributed by atoms with Crippen molar-refractivity contribution in [3.63, 3.8) is 0 Å². The summed E-state index contributed by atoms with van der Waals surface area (Å²) in [4.78, 5) is 15.5. The molecule has 0 aromatic carbocycles. The first-order valence-corrected chi connectivity index (χ1v) is 5.55. The van der Waals surface area contributed by atoms with Gasteiger partial charge in [0.2, 0.25) is 0 Å². The SMILES string of the molecule is CC(C)[C@@H](N)CNC(=O)c1cccc(Cl)n1. The maximum absolute atomic E-state index is 11.6. The second-order valence-electron chi connectivity index (χ2n) is 3.96. The molecular weight excluding hydrogens is 226 g/mol. The smallest absolute Gasteiger partial charge is 0.269 e. The summed E-state index contributed by atoms with van der Waals surface area (Å²) in [6.45, 7) is 4.45. The summed E-state index contributed by atoms with van der Waals surface area (Å²) in [7, 11) is 0. The molecule has 88 valence electrons. The summed E-state index contributed by atoms with van der Waals surface area (Å²) in [5.74, 6) is 0.0752. The molecule has 16 heavy (non-hydrogen) atoms. The standard InChI is InChI=1S/C11H16ClN3O/c1-7(2)8(13)6-14-11(16)9-4-3-5-10(12)15-9/h3-5,7-8H,6,13H2,1-2H3,(H,14,16)/t8-/m0/s1. The van der Waals surface area contributed by atoms with Crippen LogP contribution in [-0.4, -0.2) is 23.5 Å². The van der Waals surface area contributed by atoms with Gasteiger partial charge in [0, 0.05) is 12.6 Å². The highest BCUT2D eigenvalue weighted by Crippen LogP contribution is 2.05. The van der Waals surface area contributed by atoms with Crippen LogP contribution in [0.1, 0.15) is 24.3 Å². The molecule has 4 nitrogen and oxygen atoms in total. The van der Waals surface area contributed by atoms with Crippen LogP contribution >= 0.6 is 11.6 Å². The number of halogens is 1. The van der Waals surface area contributed by atoms with E-state index in [0.29, 0.717) is 23.3 Å². The minimum absolute atomic E-state index is 0.0527. The second kappa shape index (κ2) is 5.82. The molecule has 0 bridgehead atoms. The van der Waals surface area contributed by atoms with Gasteiger partial charge in [-0.3, -0.25) is 4.79 Å². The van der Waals surface area contributed by atoms with Gasteiger partial charge in [0.05, 0.1) is 0 Å². The van der Waals surface area contributed by atoms with E-state index in [1.54, 1.807) is 18.2 Å². The molecule has 0 aliphatic rings. The Labute approximate surface area is 100 Å². The number of hydrogen-bond acceptors (Lipinski definition) is 3. The summed E-state index contributed by atoms with van der Waals surface area (Å²) in [5.41, 5.74) is 6.12. The average Bonchev–Trinajstić information content (AvgIpc) is 2.25. The van der Waals surface area contributed by atoms with Crippen molar-refractivity contribution in [1.29, 1.82) is 0 Å². The van der Waals surface area contributed by atoms with Crippen LogP contribution in [0.2, 0.25) is 5.15 Å². The van der Waals surface area contributed by atoms with Crippen LogP contribution < -0.4 is 11.1 Å². The van der Waals surface area contributed by atoms with E-state index >= 15 is 0 Å². The van der Waals surface area contributed by atoms with Gasteiger partial charge in [-0.2, -0.15) is 0 Å². The van der Waals surface area contributed by atoms with E-state index in [9.17, 15) is 4.79 Å². The van der Waals surface area contributed by atoms with Gasteiger partial charge in [0.15, 0.2) is 0 Å². The Hall–Kier alpha value is -1.13. The van der Waals surface area contributed by atoms with Gasteiger partial charge in [-0.1, -0.05) is 31.5 Å². The molecule has 0 saturated heterocycles. The molecule has 0 fully saturated rings. The maximum atomic E-state index is 11.6. The minimum atomic E-state index is -0.251. The highest BCUT2D eigenvalue weighted by molar-refractivity contribution is 6.29. The molecule has 1 heterocycles. The lowest BCUT2D eigenvalue weighted by molar-refractivity contribution is 0.0944. The largest absolute Gasteiger partial charge is 0.349 e. The fraction of sp³-hybridized carbons (Fsp3) is 0.455. The molecule has 1 atom stereocenters. The van der Waals surface area contributed by atoms with Crippen LogP contribution in [0.5, 0.6) is 0 Å². The number of hydrogen-bond donors (Lipinski definition) is 2. The second-order valence-corrected chi connectivity index (χ2v) is 4.35. The quantitative estimate of drug-likeness (QED) is 0.784.